The third-order valence-corrected chi connectivity index (χ3v) is 2.78. The SMILES string of the molecule is Nc1ccc(F)cc1NC(=O)c1ccc(O)c(Cl)c1. The average Bonchev–Trinajstić information content (AvgIpc) is 2.37. The van der Waals surface area contributed by atoms with Gasteiger partial charge in [-0.15, -0.1) is 0 Å². The number of rotatable bonds is 2. The van der Waals surface area contributed by atoms with Crippen LogP contribution in [0.25, 0.3) is 0 Å². The number of benzene rings is 2. The lowest BCUT2D eigenvalue weighted by Crippen LogP contribution is -2.13. The lowest BCUT2D eigenvalue weighted by Gasteiger charge is -2.08. The summed E-state index contributed by atoms with van der Waals surface area (Å²) in [6.07, 6.45) is 0. The second-order valence-corrected chi connectivity index (χ2v) is 4.26. The molecule has 4 nitrogen and oxygen atoms in total. The molecular formula is C13H10ClFN2O2. The molecule has 0 heterocycles. The van der Waals surface area contributed by atoms with E-state index >= 15 is 0 Å². The first kappa shape index (κ1) is 13.2. The highest BCUT2D eigenvalue weighted by molar-refractivity contribution is 6.32. The van der Waals surface area contributed by atoms with Gasteiger partial charge in [-0.25, -0.2) is 4.39 Å². The number of carbonyl (C=O) groups excluding carboxylic acids is 1. The van der Waals surface area contributed by atoms with Crippen molar-refractivity contribution in [1.29, 1.82) is 0 Å². The quantitative estimate of drug-likeness (QED) is 0.740. The van der Waals surface area contributed by atoms with E-state index in [0.717, 1.165) is 6.07 Å². The lowest BCUT2D eigenvalue weighted by atomic mass is 10.2. The lowest BCUT2D eigenvalue weighted by molar-refractivity contribution is 0.102. The van der Waals surface area contributed by atoms with Crippen LogP contribution in [0, 0.1) is 5.82 Å². The van der Waals surface area contributed by atoms with Crippen LogP contribution >= 0.6 is 11.6 Å². The molecule has 1 amide bonds. The van der Waals surface area contributed by atoms with Crippen LogP contribution in [0.3, 0.4) is 0 Å². The predicted octanol–water partition coefficient (Wildman–Crippen LogP) is 3.02. The minimum Gasteiger partial charge on any atom is -0.506 e. The van der Waals surface area contributed by atoms with E-state index < -0.39 is 11.7 Å². The Morgan fingerprint density at radius 3 is 2.68 bits per heavy atom. The number of aromatic hydroxyl groups is 1. The molecule has 19 heavy (non-hydrogen) atoms. The van der Waals surface area contributed by atoms with Crippen LogP contribution in [0.5, 0.6) is 5.75 Å². The molecule has 4 N–H and O–H groups in total. The van der Waals surface area contributed by atoms with Crippen LogP contribution in [0.4, 0.5) is 15.8 Å². The van der Waals surface area contributed by atoms with Crippen LogP contribution < -0.4 is 11.1 Å². The summed E-state index contributed by atoms with van der Waals surface area (Å²) in [5.41, 5.74) is 6.28. The standard InChI is InChI=1S/C13H10ClFN2O2/c14-9-5-7(1-4-12(9)18)13(19)17-11-6-8(15)2-3-10(11)16/h1-6,18H,16H2,(H,17,19). The number of hydrogen-bond donors (Lipinski definition) is 3. The van der Waals surface area contributed by atoms with Crippen LogP contribution in [0.1, 0.15) is 10.4 Å². The zero-order valence-corrected chi connectivity index (χ0v) is 10.4. The van der Waals surface area contributed by atoms with E-state index in [4.69, 9.17) is 17.3 Å². The highest BCUT2D eigenvalue weighted by Gasteiger charge is 2.10. The van der Waals surface area contributed by atoms with Gasteiger partial charge in [-0.3, -0.25) is 4.79 Å². The van der Waals surface area contributed by atoms with E-state index in [1.807, 2.05) is 0 Å². The Morgan fingerprint density at radius 2 is 2.00 bits per heavy atom. The summed E-state index contributed by atoms with van der Waals surface area (Å²) in [6, 6.07) is 7.67. The normalized spacial score (nSPS) is 10.2. The molecule has 2 aromatic rings. The van der Waals surface area contributed by atoms with E-state index in [0.29, 0.717) is 0 Å². The molecule has 0 atom stereocenters. The Bertz CT molecular complexity index is 647. The third kappa shape index (κ3) is 2.95. The molecule has 0 aromatic heterocycles. The number of halogens is 2. The summed E-state index contributed by atoms with van der Waals surface area (Å²) >= 11 is 5.70. The monoisotopic (exact) mass is 280 g/mol. The highest BCUT2D eigenvalue weighted by atomic mass is 35.5. The number of nitrogens with two attached hydrogens (primary N) is 1. The van der Waals surface area contributed by atoms with Crippen molar-refractivity contribution in [2.75, 3.05) is 11.1 Å². The zero-order valence-electron chi connectivity index (χ0n) is 9.65. The van der Waals surface area contributed by atoms with Crippen molar-refractivity contribution in [2.45, 2.75) is 0 Å². The molecule has 0 aliphatic rings. The summed E-state index contributed by atoms with van der Waals surface area (Å²) < 4.78 is 13.1. The average molecular weight is 281 g/mol. The Balaban J connectivity index is 2.25. The molecular weight excluding hydrogens is 271 g/mol. The van der Waals surface area contributed by atoms with E-state index in [2.05, 4.69) is 5.32 Å². The van der Waals surface area contributed by atoms with Crippen LogP contribution in [0.2, 0.25) is 5.02 Å². The summed E-state index contributed by atoms with van der Waals surface area (Å²) in [6.45, 7) is 0. The Hall–Kier alpha value is -2.27. The Labute approximate surface area is 113 Å². The molecule has 6 heteroatoms. The molecule has 0 saturated carbocycles. The largest absolute Gasteiger partial charge is 0.506 e. The summed E-state index contributed by atoms with van der Waals surface area (Å²) in [5.74, 6) is -1.13. The topological polar surface area (TPSA) is 75.3 Å². The van der Waals surface area contributed by atoms with Crippen LogP contribution in [-0.2, 0) is 0 Å². The number of phenols is 1. The maximum atomic E-state index is 13.1. The van der Waals surface area contributed by atoms with Crippen molar-refractivity contribution in [1.82, 2.24) is 0 Å². The van der Waals surface area contributed by atoms with E-state index in [1.54, 1.807) is 0 Å². The molecule has 0 spiro atoms. The van der Waals surface area contributed by atoms with Crippen LogP contribution in [-0.4, -0.2) is 11.0 Å². The predicted molar refractivity (Wildman–Crippen MR) is 71.9 cm³/mol. The molecule has 0 saturated heterocycles. The van der Waals surface area contributed by atoms with Gasteiger partial charge in [0.2, 0.25) is 0 Å². The summed E-state index contributed by atoms with van der Waals surface area (Å²) in [4.78, 5) is 11.9. The van der Waals surface area contributed by atoms with E-state index in [9.17, 15) is 14.3 Å². The number of phenolic OH excluding ortho intramolecular Hbond substituents is 1. The first-order valence-corrected chi connectivity index (χ1v) is 5.70. The molecule has 0 bridgehead atoms. The Kier molecular flexibility index (Phi) is 3.57. The van der Waals surface area contributed by atoms with Crippen molar-refractivity contribution >= 4 is 28.9 Å². The molecule has 2 aromatic carbocycles. The van der Waals surface area contributed by atoms with E-state index in [1.165, 1.54) is 30.3 Å². The van der Waals surface area contributed by atoms with Crippen molar-refractivity contribution in [3.8, 4) is 5.75 Å². The molecule has 0 unspecified atom stereocenters. The minimum atomic E-state index is -0.506. The van der Waals surface area contributed by atoms with Gasteiger partial charge >= 0.3 is 0 Å². The van der Waals surface area contributed by atoms with Gasteiger partial charge in [-0.1, -0.05) is 11.6 Å². The van der Waals surface area contributed by atoms with Gasteiger partial charge in [0.05, 0.1) is 16.4 Å². The Morgan fingerprint density at radius 1 is 1.26 bits per heavy atom. The number of carbonyl (C=O) groups is 1. The smallest absolute Gasteiger partial charge is 0.255 e. The highest BCUT2D eigenvalue weighted by Crippen LogP contribution is 2.25. The fourth-order valence-corrected chi connectivity index (χ4v) is 1.66. The van der Waals surface area contributed by atoms with E-state index in [-0.39, 0.29) is 27.7 Å². The molecule has 0 aliphatic carbocycles. The molecule has 0 radical (unpaired) electrons. The fraction of sp³-hybridized carbons (Fsp3) is 0. The van der Waals surface area contributed by atoms with Crippen molar-refractivity contribution in [2.24, 2.45) is 0 Å². The number of nitrogen functional groups attached to an aromatic ring is 1. The maximum absolute atomic E-state index is 13.1. The van der Waals surface area contributed by atoms with Crippen molar-refractivity contribution in [3.05, 3.63) is 52.8 Å². The molecule has 0 aliphatic heterocycles. The van der Waals surface area contributed by atoms with Gasteiger partial charge in [0.25, 0.3) is 5.91 Å². The molecule has 2 rings (SSSR count). The van der Waals surface area contributed by atoms with Gasteiger partial charge in [-0.2, -0.15) is 0 Å². The fourth-order valence-electron chi connectivity index (χ4n) is 1.48. The second kappa shape index (κ2) is 5.16. The minimum absolute atomic E-state index is 0.0554. The molecule has 0 fully saturated rings. The van der Waals surface area contributed by atoms with Crippen LogP contribution in [0.15, 0.2) is 36.4 Å². The number of anilines is 2. The first-order valence-electron chi connectivity index (χ1n) is 5.32. The number of nitrogens with one attached hydrogen (secondary N) is 1. The van der Waals surface area contributed by atoms with Gasteiger partial charge in [0.1, 0.15) is 11.6 Å². The van der Waals surface area contributed by atoms with Gasteiger partial charge < -0.3 is 16.2 Å². The second-order valence-electron chi connectivity index (χ2n) is 3.85. The molecule has 98 valence electrons. The van der Waals surface area contributed by atoms with Gasteiger partial charge in [-0.05, 0) is 36.4 Å². The summed E-state index contributed by atoms with van der Waals surface area (Å²) in [7, 11) is 0. The van der Waals surface area contributed by atoms with Gasteiger partial charge in [0, 0.05) is 5.56 Å². The van der Waals surface area contributed by atoms with Crippen molar-refractivity contribution < 1.29 is 14.3 Å². The first-order chi connectivity index (χ1) is 8.97. The maximum Gasteiger partial charge on any atom is 0.255 e. The number of amides is 1. The van der Waals surface area contributed by atoms with Crippen molar-refractivity contribution in [3.63, 3.8) is 0 Å². The summed E-state index contributed by atoms with van der Waals surface area (Å²) in [5, 5.41) is 11.8. The number of hydrogen-bond acceptors (Lipinski definition) is 3. The van der Waals surface area contributed by atoms with Gasteiger partial charge in [0.15, 0.2) is 0 Å². The zero-order chi connectivity index (χ0) is 14.0. The third-order valence-electron chi connectivity index (χ3n) is 2.47.